The molecular formula is C14H20ClNO. The number of benzene rings is 1. The summed E-state index contributed by atoms with van der Waals surface area (Å²) in [4.78, 5) is 0. The van der Waals surface area contributed by atoms with E-state index < -0.39 is 5.60 Å². The molecule has 17 heavy (non-hydrogen) atoms. The highest BCUT2D eigenvalue weighted by Gasteiger charge is 2.37. The third kappa shape index (κ3) is 2.65. The van der Waals surface area contributed by atoms with E-state index in [9.17, 15) is 5.11 Å². The molecule has 1 saturated heterocycles. The lowest BCUT2D eigenvalue weighted by atomic mass is 9.80. The largest absolute Gasteiger partial charge is 0.384 e. The van der Waals surface area contributed by atoms with E-state index in [1.165, 1.54) is 6.42 Å². The number of aliphatic hydroxyl groups is 1. The van der Waals surface area contributed by atoms with Crippen molar-refractivity contribution in [3.8, 4) is 0 Å². The highest BCUT2D eigenvalue weighted by molar-refractivity contribution is 6.31. The van der Waals surface area contributed by atoms with Crippen molar-refractivity contribution in [2.45, 2.75) is 38.3 Å². The average molecular weight is 254 g/mol. The fourth-order valence-electron chi connectivity index (χ4n) is 2.60. The SMILES string of the molecule is CC1CCNC(C(C)(O)c2ccccc2Cl)C1. The minimum Gasteiger partial charge on any atom is -0.384 e. The molecule has 0 spiro atoms. The van der Waals surface area contributed by atoms with Crippen molar-refractivity contribution in [3.05, 3.63) is 34.9 Å². The van der Waals surface area contributed by atoms with Crippen LogP contribution in [0.2, 0.25) is 5.02 Å². The fraction of sp³-hybridized carbons (Fsp3) is 0.571. The van der Waals surface area contributed by atoms with Gasteiger partial charge in [0.2, 0.25) is 0 Å². The van der Waals surface area contributed by atoms with Gasteiger partial charge in [-0.1, -0.05) is 36.7 Å². The quantitative estimate of drug-likeness (QED) is 0.850. The topological polar surface area (TPSA) is 32.3 Å². The van der Waals surface area contributed by atoms with Gasteiger partial charge in [-0.05, 0) is 38.3 Å². The predicted molar refractivity (Wildman–Crippen MR) is 71.2 cm³/mol. The molecule has 3 atom stereocenters. The van der Waals surface area contributed by atoms with Gasteiger partial charge in [0.25, 0.3) is 0 Å². The molecule has 0 aromatic heterocycles. The van der Waals surface area contributed by atoms with E-state index in [0.717, 1.165) is 18.5 Å². The molecule has 1 heterocycles. The molecule has 1 aliphatic heterocycles. The van der Waals surface area contributed by atoms with Crippen molar-refractivity contribution < 1.29 is 5.11 Å². The van der Waals surface area contributed by atoms with Crippen LogP contribution in [0.4, 0.5) is 0 Å². The molecule has 0 amide bonds. The second kappa shape index (κ2) is 4.97. The third-order valence-electron chi connectivity index (χ3n) is 3.76. The second-order valence-electron chi connectivity index (χ2n) is 5.26. The Morgan fingerprint density at radius 1 is 1.41 bits per heavy atom. The Morgan fingerprint density at radius 3 is 2.76 bits per heavy atom. The summed E-state index contributed by atoms with van der Waals surface area (Å²) in [5.74, 6) is 0.648. The van der Waals surface area contributed by atoms with Crippen molar-refractivity contribution in [2.75, 3.05) is 6.54 Å². The van der Waals surface area contributed by atoms with Crippen LogP contribution < -0.4 is 5.32 Å². The second-order valence-corrected chi connectivity index (χ2v) is 5.67. The van der Waals surface area contributed by atoms with Crippen molar-refractivity contribution >= 4 is 11.6 Å². The van der Waals surface area contributed by atoms with Gasteiger partial charge in [-0.3, -0.25) is 0 Å². The first-order chi connectivity index (χ1) is 8.01. The summed E-state index contributed by atoms with van der Waals surface area (Å²) in [6.07, 6.45) is 2.16. The highest BCUT2D eigenvalue weighted by atomic mass is 35.5. The predicted octanol–water partition coefficient (Wildman–Crippen LogP) is 2.94. The van der Waals surface area contributed by atoms with E-state index in [2.05, 4.69) is 12.2 Å². The van der Waals surface area contributed by atoms with E-state index in [4.69, 9.17) is 11.6 Å². The summed E-state index contributed by atoms with van der Waals surface area (Å²) in [5.41, 5.74) is -0.0965. The maximum absolute atomic E-state index is 10.8. The Kier molecular flexibility index (Phi) is 3.76. The number of hydrogen-bond donors (Lipinski definition) is 2. The Hall–Kier alpha value is -0.570. The van der Waals surface area contributed by atoms with Crippen LogP contribution in [0.1, 0.15) is 32.3 Å². The van der Waals surface area contributed by atoms with Crippen molar-refractivity contribution in [1.29, 1.82) is 0 Å². The average Bonchev–Trinajstić information content (AvgIpc) is 2.29. The number of halogens is 1. The van der Waals surface area contributed by atoms with E-state index in [1.54, 1.807) is 0 Å². The summed E-state index contributed by atoms with van der Waals surface area (Å²) in [5, 5.41) is 14.8. The van der Waals surface area contributed by atoms with E-state index >= 15 is 0 Å². The standard InChI is InChI=1S/C14H20ClNO/c1-10-7-8-16-13(9-10)14(2,17)11-5-3-4-6-12(11)15/h3-6,10,13,16-17H,7-9H2,1-2H3. The molecule has 3 unspecified atom stereocenters. The van der Waals surface area contributed by atoms with Crippen molar-refractivity contribution in [2.24, 2.45) is 5.92 Å². The lowest BCUT2D eigenvalue weighted by Crippen LogP contribution is -2.50. The zero-order chi connectivity index (χ0) is 12.5. The molecule has 1 fully saturated rings. The summed E-state index contributed by atoms with van der Waals surface area (Å²) in [6, 6.07) is 7.62. The minimum atomic E-state index is -0.910. The molecule has 2 nitrogen and oxygen atoms in total. The van der Waals surface area contributed by atoms with Crippen molar-refractivity contribution in [1.82, 2.24) is 5.32 Å². The van der Waals surface area contributed by atoms with Crippen LogP contribution in [0.15, 0.2) is 24.3 Å². The zero-order valence-corrected chi connectivity index (χ0v) is 11.2. The highest BCUT2D eigenvalue weighted by Crippen LogP contribution is 2.34. The van der Waals surface area contributed by atoms with E-state index in [0.29, 0.717) is 10.9 Å². The number of rotatable bonds is 2. The molecular weight excluding hydrogens is 234 g/mol. The molecule has 2 rings (SSSR count). The molecule has 0 bridgehead atoms. The molecule has 1 aromatic rings. The van der Waals surface area contributed by atoms with Crippen LogP contribution in [-0.4, -0.2) is 17.7 Å². The monoisotopic (exact) mass is 253 g/mol. The van der Waals surface area contributed by atoms with Gasteiger partial charge >= 0.3 is 0 Å². The smallest absolute Gasteiger partial charge is 0.103 e. The van der Waals surface area contributed by atoms with E-state index in [-0.39, 0.29) is 6.04 Å². The maximum atomic E-state index is 10.8. The summed E-state index contributed by atoms with van der Waals surface area (Å²) in [6.45, 7) is 5.05. The van der Waals surface area contributed by atoms with Gasteiger partial charge in [0, 0.05) is 16.6 Å². The van der Waals surface area contributed by atoms with Crippen LogP contribution >= 0.6 is 11.6 Å². The lowest BCUT2D eigenvalue weighted by Gasteiger charge is -2.39. The molecule has 1 aliphatic rings. The molecule has 3 heteroatoms. The molecule has 0 aliphatic carbocycles. The molecule has 94 valence electrons. The Labute approximate surface area is 108 Å². The zero-order valence-electron chi connectivity index (χ0n) is 10.4. The van der Waals surface area contributed by atoms with E-state index in [1.807, 2.05) is 31.2 Å². The first-order valence-electron chi connectivity index (χ1n) is 6.22. The number of nitrogens with one attached hydrogen (secondary N) is 1. The summed E-state index contributed by atoms with van der Waals surface area (Å²) >= 11 is 6.18. The van der Waals surface area contributed by atoms with Crippen LogP contribution in [0, 0.1) is 5.92 Å². The number of hydrogen-bond acceptors (Lipinski definition) is 2. The maximum Gasteiger partial charge on any atom is 0.103 e. The van der Waals surface area contributed by atoms with Gasteiger partial charge < -0.3 is 10.4 Å². The Balaban J connectivity index is 2.26. The van der Waals surface area contributed by atoms with Gasteiger partial charge in [-0.15, -0.1) is 0 Å². The van der Waals surface area contributed by atoms with Gasteiger partial charge in [-0.2, -0.15) is 0 Å². The minimum absolute atomic E-state index is 0.0751. The molecule has 1 aromatic carbocycles. The Morgan fingerprint density at radius 2 is 2.12 bits per heavy atom. The van der Waals surface area contributed by atoms with Crippen LogP contribution in [0.3, 0.4) is 0 Å². The van der Waals surface area contributed by atoms with Crippen molar-refractivity contribution in [3.63, 3.8) is 0 Å². The first kappa shape index (κ1) is 12.9. The normalized spacial score (nSPS) is 28.7. The van der Waals surface area contributed by atoms with Gasteiger partial charge in [0.1, 0.15) is 5.60 Å². The lowest BCUT2D eigenvalue weighted by molar-refractivity contribution is -0.00131. The fourth-order valence-corrected chi connectivity index (χ4v) is 2.92. The Bertz CT molecular complexity index is 392. The van der Waals surface area contributed by atoms with Crippen LogP contribution in [0.25, 0.3) is 0 Å². The third-order valence-corrected chi connectivity index (χ3v) is 4.09. The van der Waals surface area contributed by atoms with Gasteiger partial charge in [0.05, 0.1) is 0 Å². The number of piperidine rings is 1. The molecule has 0 radical (unpaired) electrons. The summed E-state index contributed by atoms with van der Waals surface area (Å²) < 4.78 is 0. The summed E-state index contributed by atoms with van der Waals surface area (Å²) in [7, 11) is 0. The van der Waals surface area contributed by atoms with Crippen LogP contribution in [-0.2, 0) is 5.60 Å². The van der Waals surface area contributed by atoms with Crippen LogP contribution in [0.5, 0.6) is 0 Å². The molecule has 0 saturated carbocycles. The van der Waals surface area contributed by atoms with Gasteiger partial charge in [0.15, 0.2) is 0 Å². The molecule has 2 N–H and O–H groups in total. The first-order valence-corrected chi connectivity index (χ1v) is 6.60. The van der Waals surface area contributed by atoms with Gasteiger partial charge in [-0.25, -0.2) is 0 Å².